The number of halogens is 2. The monoisotopic (exact) mass is 254 g/mol. The Balaban J connectivity index is 2.54. The van der Waals surface area contributed by atoms with Crippen LogP contribution in [0.2, 0.25) is 5.02 Å². The van der Waals surface area contributed by atoms with Gasteiger partial charge < -0.3 is 5.32 Å². The molecule has 82 valence electrons. The van der Waals surface area contributed by atoms with E-state index in [0.717, 1.165) is 5.39 Å². The first-order valence-electron chi connectivity index (χ1n) is 4.61. The first kappa shape index (κ1) is 11.2. The van der Waals surface area contributed by atoms with Crippen LogP contribution in [0.1, 0.15) is 0 Å². The van der Waals surface area contributed by atoms with E-state index in [-0.39, 0.29) is 11.8 Å². The van der Waals surface area contributed by atoms with Crippen molar-refractivity contribution in [3.8, 4) is 0 Å². The second-order valence-electron chi connectivity index (χ2n) is 3.21. The number of hydrogen-bond donors (Lipinski definition) is 1. The molecule has 1 aromatic heterocycles. The second kappa shape index (κ2) is 4.68. The van der Waals surface area contributed by atoms with E-state index in [9.17, 15) is 4.79 Å². The number of rotatable bonds is 2. The van der Waals surface area contributed by atoms with Gasteiger partial charge in [-0.1, -0.05) is 17.7 Å². The van der Waals surface area contributed by atoms with Gasteiger partial charge in [0.25, 0.3) is 0 Å². The third kappa shape index (κ3) is 2.26. The summed E-state index contributed by atoms with van der Waals surface area (Å²) in [7, 11) is 0. The molecule has 0 aliphatic carbocycles. The van der Waals surface area contributed by atoms with Crippen LogP contribution in [-0.4, -0.2) is 16.8 Å². The fraction of sp³-hybridized carbons (Fsp3) is 0.0909. The SMILES string of the molecule is O=C(CCl)Nc1cc(Cl)cc2cccnc12. The maximum absolute atomic E-state index is 11.2. The van der Waals surface area contributed by atoms with Gasteiger partial charge in [0.05, 0.1) is 11.2 Å². The molecule has 0 aliphatic rings. The fourth-order valence-electron chi connectivity index (χ4n) is 1.43. The number of benzene rings is 1. The highest BCUT2D eigenvalue weighted by molar-refractivity contribution is 6.32. The molecule has 2 aromatic rings. The summed E-state index contributed by atoms with van der Waals surface area (Å²) >= 11 is 11.4. The van der Waals surface area contributed by atoms with Crippen molar-refractivity contribution < 1.29 is 4.79 Å². The summed E-state index contributed by atoms with van der Waals surface area (Å²) < 4.78 is 0. The van der Waals surface area contributed by atoms with Crippen molar-refractivity contribution in [2.75, 3.05) is 11.2 Å². The molecule has 1 N–H and O–H groups in total. The van der Waals surface area contributed by atoms with Crippen LogP contribution in [0, 0.1) is 0 Å². The molecule has 0 fully saturated rings. The number of nitrogens with zero attached hydrogens (tertiary/aromatic N) is 1. The molecule has 0 radical (unpaired) electrons. The van der Waals surface area contributed by atoms with Crippen molar-refractivity contribution in [1.82, 2.24) is 4.98 Å². The molecule has 0 unspecified atom stereocenters. The van der Waals surface area contributed by atoms with Crippen molar-refractivity contribution in [2.45, 2.75) is 0 Å². The number of nitrogens with one attached hydrogen (secondary N) is 1. The summed E-state index contributed by atoms with van der Waals surface area (Å²) in [6.45, 7) is 0. The van der Waals surface area contributed by atoms with Crippen LogP contribution in [0.25, 0.3) is 10.9 Å². The second-order valence-corrected chi connectivity index (χ2v) is 3.91. The van der Waals surface area contributed by atoms with Gasteiger partial charge in [-0.2, -0.15) is 0 Å². The van der Waals surface area contributed by atoms with E-state index in [4.69, 9.17) is 23.2 Å². The molecule has 1 heterocycles. The molecule has 0 saturated carbocycles. The minimum absolute atomic E-state index is 0.0964. The average Bonchev–Trinajstić information content (AvgIpc) is 2.28. The lowest BCUT2D eigenvalue weighted by molar-refractivity contribution is -0.113. The number of carbonyl (C=O) groups is 1. The Hall–Kier alpha value is -1.32. The number of anilines is 1. The fourth-order valence-corrected chi connectivity index (χ4v) is 1.73. The summed E-state index contributed by atoms with van der Waals surface area (Å²) in [5.41, 5.74) is 1.28. The Labute approximate surface area is 102 Å². The maximum atomic E-state index is 11.2. The molecule has 16 heavy (non-hydrogen) atoms. The van der Waals surface area contributed by atoms with Crippen LogP contribution in [0.15, 0.2) is 30.5 Å². The smallest absolute Gasteiger partial charge is 0.239 e. The first-order chi connectivity index (χ1) is 7.70. The minimum atomic E-state index is -0.282. The molecule has 0 bridgehead atoms. The van der Waals surface area contributed by atoms with E-state index in [1.54, 1.807) is 18.3 Å². The van der Waals surface area contributed by atoms with Crippen LogP contribution in [0.3, 0.4) is 0 Å². The quantitative estimate of drug-likeness (QED) is 0.838. The normalized spacial score (nSPS) is 10.4. The van der Waals surface area contributed by atoms with E-state index in [1.165, 1.54) is 0 Å². The Bertz CT molecular complexity index is 542. The van der Waals surface area contributed by atoms with Gasteiger partial charge in [0.1, 0.15) is 5.88 Å². The summed E-state index contributed by atoms with van der Waals surface area (Å²) in [5.74, 6) is -0.378. The number of pyridine rings is 1. The highest BCUT2D eigenvalue weighted by atomic mass is 35.5. The molecule has 0 spiro atoms. The number of hydrogen-bond acceptors (Lipinski definition) is 2. The number of amides is 1. The van der Waals surface area contributed by atoms with Crippen LogP contribution < -0.4 is 5.32 Å². The Kier molecular flexibility index (Phi) is 3.27. The van der Waals surface area contributed by atoms with Gasteiger partial charge in [0.2, 0.25) is 5.91 Å². The van der Waals surface area contributed by atoms with Gasteiger partial charge in [0, 0.05) is 16.6 Å². The molecule has 1 aromatic carbocycles. The van der Waals surface area contributed by atoms with E-state index in [1.807, 2.05) is 12.1 Å². The zero-order valence-corrected chi connectivity index (χ0v) is 9.72. The summed E-state index contributed by atoms with van der Waals surface area (Å²) in [5, 5.41) is 4.08. The lowest BCUT2D eigenvalue weighted by Crippen LogP contribution is -2.13. The van der Waals surface area contributed by atoms with E-state index < -0.39 is 0 Å². The van der Waals surface area contributed by atoms with Gasteiger partial charge in [-0.3, -0.25) is 9.78 Å². The van der Waals surface area contributed by atoms with Crippen molar-refractivity contribution in [3.05, 3.63) is 35.5 Å². The predicted octanol–water partition coefficient (Wildman–Crippen LogP) is 3.07. The van der Waals surface area contributed by atoms with Gasteiger partial charge in [-0.25, -0.2) is 0 Å². The minimum Gasteiger partial charge on any atom is -0.323 e. The Morgan fingerprint density at radius 3 is 3.00 bits per heavy atom. The Morgan fingerprint density at radius 2 is 2.25 bits per heavy atom. The lowest BCUT2D eigenvalue weighted by Gasteiger charge is -2.07. The number of alkyl halides is 1. The van der Waals surface area contributed by atoms with Gasteiger partial charge in [-0.05, 0) is 18.2 Å². The summed E-state index contributed by atoms with van der Waals surface area (Å²) in [4.78, 5) is 15.4. The zero-order chi connectivity index (χ0) is 11.5. The van der Waals surface area contributed by atoms with Gasteiger partial charge >= 0.3 is 0 Å². The number of fused-ring (bicyclic) bond motifs is 1. The van der Waals surface area contributed by atoms with Crippen molar-refractivity contribution in [1.29, 1.82) is 0 Å². The lowest BCUT2D eigenvalue weighted by atomic mass is 10.2. The number of aromatic nitrogens is 1. The molecule has 3 nitrogen and oxygen atoms in total. The highest BCUT2D eigenvalue weighted by Crippen LogP contribution is 2.26. The van der Waals surface area contributed by atoms with Crippen molar-refractivity contribution >= 4 is 45.7 Å². The summed E-state index contributed by atoms with van der Waals surface area (Å²) in [6, 6.07) is 7.14. The van der Waals surface area contributed by atoms with E-state index in [0.29, 0.717) is 16.2 Å². The van der Waals surface area contributed by atoms with Crippen LogP contribution in [0.5, 0.6) is 0 Å². The van der Waals surface area contributed by atoms with E-state index >= 15 is 0 Å². The van der Waals surface area contributed by atoms with Crippen LogP contribution in [-0.2, 0) is 4.79 Å². The number of carbonyl (C=O) groups excluding carboxylic acids is 1. The van der Waals surface area contributed by atoms with Gasteiger partial charge in [0.15, 0.2) is 0 Å². The van der Waals surface area contributed by atoms with Crippen LogP contribution in [0.4, 0.5) is 5.69 Å². The molecule has 0 saturated heterocycles. The molecule has 0 atom stereocenters. The predicted molar refractivity (Wildman–Crippen MR) is 66.1 cm³/mol. The molecule has 5 heteroatoms. The van der Waals surface area contributed by atoms with Crippen molar-refractivity contribution in [3.63, 3.8) is 0 Å². The standard InChI is InChI=1S/C11H8Cl2N2O/c12-6-10(16)15-9-5-8(13)4-7-2-1-3-14-11(7)9/h1-5H,6H2,(H,15,16). The van der Waals surface area contributed by atoms with E-state index in [2.05, 4.69) is 10.3 Å². The average molecular weight is 255 g/mol. The Morgan fingerprint density at radius 1 is 1.44 bits per heavy atom. The third-order valence-electron chi connectivity index (χ3n) is 2.07. The topological polar surface area (TPSA) is 42.0 Å². The largest absolute Gasteiger partial charge is 0.323 e. The summed E-state index contributed by atoms with van der Waals surface area (Å²) in [6.07, 6.45) is 1.66. The zero-order valence-electron chi connectivity index (χ0n) is 8.21. The highest BCUT2D eigenvalue weighted by Gasteiger charge is 2.07. The molecular formula is C11H8Cl2N2O. The van der Waals surface area contributed by atoms with Crippen molar-refractivity contribution in [2.24, 2.45) is 0 Å². The third-order valence-corrected chi connectivity index (χ3v) is 2.53. The molecule has 2 rings (SSSR count). The molecule has 0 aliphatic heterocycles. The first-order valence-corrected chi connectivity index (χ1v) is 5.52. The maximum Gasteiger partial charge on any atom is 0.239 e. The molecular weight excluding hydrogens is 247 g/mol. The molecule has 1 amide bonds. The van der Waals surface area contributed by atoms with Crippen LogP contribution >= 0.6 is 23.2 Å². The van der Waals surface area contributed by atoms with Gasteiger partial charge in [-0.15, -0.1) is 11.6 Å².